The number of ketones is 1. The van der Waals surface area contributed by atoms with Gasteiger partial charge < -0.3 is 10.8 Å². The van der Waals surface area contributed by atoms with E-state index in [1.807, 2.05) is 13.8 Å². The molecule has 0 aromatic heterocycles. The van der Waals surface area contributed by atoms with Gasteiger partial charge in [0.25, 0.3) is 0 Å². The molecule has 4 nitrogen and oxygen atoms in total. The Kier molecular flexibility index (Phi) is 15.8. The first-order chi connectivity index (χ1) is 13.3. The maximum atomic E-state index is 12.3. The number of carbonyl (C=O) groups is 2. The van der Waals surface area contributed by atoms with E-state index < -0.39 is 11.5 Å². The third kappa shape index (κ3) is 12.9. The molecule has 3 N–H and O–H groups in total. The van der Waals surface area contributed by atoms with Crippen LogP contribution in [0.2, 0.25) is 0 Å². The predicted octanol–water partition coefficient (Wildman–Crippen LogP) is 5.87. The van der Waals surface area contributed by atoms with Crippen LogP contribution < -0.4 is 5.73 Å². The number of Topliss-reactive ketones (excluding diaryl/α,β-unsaturated/α-hetero) is 1. The molecule has 0 radical (unpaired) electrons. The number of unbranched alkanes of at least 4 members (excludes halogenated alkanes) is 11. The summed E-state index contributed by atoms with van der Waals surface area (Å²) in [7, 11) is 0. The molecule has 0 saturated heterocycles. The van der Waals surface area contributed by atoms with Gasteiger partial charge in [0.05, 0.1) is 0 Å². The molecule has 0 spiro atoms. The van der Waals surface area contributed by atoms with Crippen LogP contribution in [0.1, 0.15) is 117 Å². The highest BCUT2D eigenvalue weighted by atomic mass is 16.4. The first-order valence-electron chi connectivity index (χ1n) is 11.4. The fraction of sp³-hybridized carbons (Fsp3) is 0.833. The van der Waals surface area contributed by atoms with E-state index in [-0.39, 0.29) is 24.5 Å². The van der Waals surface area contributed by atoms with Crippen molar-refractivity contribution < 1.29 is 14.7 Å². The van der Waals surface area contributed by atoms with Crippen molar-refractivity contribution in [1.29, 1.82) is 0 Å². The number of hydrogen-bond acceptors (Lipinski definition) is 3. The van der Waals surface area contributed by atoms with E-state index in [0.29, 0.717) is 6.42 Å². The van der Waals surface area contributed by atoms with Gasteiger partial charge in [0.15, 0.2) is 11.3 Å². The average Bonchev–Trinajstić information content (AvgIpc) is 2.63. The van der Waals surface area contributed by atoms with Crippen LogP contribution in [0, 0.1) is 17.8 Å². The van der Waals surface area contributed by atoms with Crippen molar-refractivity contribution in [2.75, 3.05) is 0 Å². The van der Waals surface area contributed by atoms with Gasteiger partial charge in [-0.15, -0.1) is 11.8 Å². The Morgan fingerprint density at radius 2 is 1.32 bits per heavy atom. The minimum Gasteiger partial charge on any atom is -0.480 e. The summed E-state index contributed by atoms with van der Waals surface area (Å²) in [6.07, 6.45) is 15.2. The first-order valence-corrected chi connectivity index (χ1v) is 11.4. The zero-order valence-electron chi connectivity index (χ0n) is 18.5. The molecule has 0 aliphatic carbocycles. The number of aliphatic carboxylic acids is 1. The van der Waals surface area contributed by atoms with E-state index in [1.54, 1.807) is 0 Å². The molecule has 4 heteroatoms. The number of carbonyl (C=O) groups excluding carboxylic acids is 1. The number of rotatable bonds is 17. The van der Waals surface area contributed by atoms with Crippen molar-refractivity contribution in [3.8, 4) is 11.8 Å². The molecule has 0 heterocycles. The zero-order valence-corrected chi connectivity index (χ0v) is 18.5. The standard InChI is InChI=1S/C24H43NO3/c1-4-5-6-7-8-9-10-11-12-13-14-15-16-17-18-19-22(26)24(25,23(27)28)20-21(2)3/h21H,4-10,13-20,25H2,1-3H3,(H,27,28). The average molecular weight is 394 g/mol. The summed E-state index contributed by atoms with van der Waals surface area (Å²) in [5, 5.41) is 9.32. The minimum absolute atomic E-state index is 0.0761. The summed E-state index contributed by atoms with van der Waals surface area (Å²) in [5.74, 6) is 5.07. The molecule has 1 unspecified atom stereocenters. The van der Waals surface area contributed by atoms with Crippen LogP contribution in [0.25, 0.3) is 0 Å². The number of hydrogen-bond donors (Lipinski definition) is 2. The Hall–Kier alpha value is -1.34. The van der Waals surface area contributed by atoms with Crippen LogP contribution in [0.4, 0.5) is 0 Å². The van der Waals surface area contributed by atoms with Crippen molar-refractivity contribution in [2.24, 2.45) is 11.7 Å². The summed E-state index contributed by atoms with van der Waals surface area (Å²) < 4.78 is 0. The molecule has 28 heavy (non-hydrogen) atoms. The summed E-state index contributed by atoms with van der Waals surface area (Å²) in [6, 6.07) is 0. The number of carboxylic acids is 1. The van der Waals surface area contributed by atoms with Crippen LogP contribution in [-0.2, 0) is 9.59 Å². The lowest BCUT2D eigenvalue weighted by molar-refractivity contribution is -0.149. The van der Waals surface area contributed by atoms with E-state index in [4.69, 9.17) is 5.73 Å². The van der Waals surface area contributed by atoms with Crippen molar-refractivity contribution >= 4 is 11.8 Å². The maximum absolute atomic E-state index is 12.3. The summed E-state index contributed by atoms with van der Waals surface area (Å²) in [5.41, 5.74) is 4.16. The zero-order chi connectivity index (χ0) is 21.3. The topological polar surface area (TPSA) is 80.4 Å². The van der Waals surface area contributed by atoms with Gasteiger partial charge in [-0.3, -0.25) is 4.79 Å². The number of carboxylic acid groups (broad SMARTS) is 1. The van der Waals surface area contributed by atoms with Crippen LogP contribution in [0.3, 0.4) is 0 Å². The lowest BCUT2D eigenvalue weighted by atomic mass is 9.84. The van der Waals surface area contributed by atoms with Gasteiger partial charge in [0.1, 0.15) is 0 Å². The van der Waals surface area contributed by atoms with Crippen molar-refractivity contribution in [3.05, 3.63) is 0 Å². The smallest absolute Gasteiger partial charge is 0.331 e. The van der Waals surface area contributed by atoms with E-state index in [1.165, 1.54) is 38.5 Å². The highest BCUT2D eigenvalue weighted by Crippen LogP contribution is 2.19. The fourth-order valence-corrected chi connectivity index (χ4v) is 3.39. The van der Waals surface area contributed by atoms with Crippen LogP contribution >= 0.6 is 0 Å². The summed E-state index contributed by atoms with van der Waals surface area (Å²) in [6.45, 7) is 6.01. The summed E-state index contributed by atoms with van der Waals surface area (Å²) >= 11 is 0. The first kappa shape index (κ1) is 26.7. The molecule has 0 aliphatic heterocycles. The lowest BCUT2D eigenvalue weighted by Crippen LogP contribution is -2.55. The molecule has 162 valence electrons. The van der Waals surface area contributed by atoms with E-state index in [0.717, 1.165) is 38.5 Å². The molecule has 0 saturated carbocycles. The third-order valence-electron chi connectivity index (χ3n) is 5.10. The van der Waals surface area contributed by atoms with E-state index in [9.17, 15) is 14.7 Å². The van der Waals surface area contributed by atoms with Crippen LogP contribution in [0.5, 0.6) is 0 Å². The van der Waals surface area contributed by atoms with Gasteiger partial charge >= 0.3 is 5.97 Å². The molecule has 0 rings (SSSR count). The largest absolute Gasteiger partial charge is 0.480 e. The Morgan fingerprint density at radius 3 is 1.79 bits per heavy atom. The van der Waals surface area contributed by atoms with E-state index in [2.05, 4.69) is 18.8 Å². The molecular formula is C24H43NO3. The Labute approximate surface area is 173 Å². The highest BCUT2D eigenvalue weighted by molar-refractivity contribution is 6.07. The van der Waals surface area contributed by atoms with Crippen molar-refractivity contribution in [3.63, 3.8) is 0 Å². The molecule has 0 aromatic rings. The van der Waals surface area contributed by atoms with Crippen LogP contribution in [0.15, 0.2) is 0 Å². The summed E-state index contributed by atoms with van der Waals surface area (Å²) in [4.78, 5) is 23.7. The predicted molar refractivity (Wildman–Crippen MR) is 117 cm³/mol. The molecule has 0 aromatic carbocycles. The van der Waals surface area contributed by atoms with Gasteiger partial charge in [-0.1, -0.05) is 72.1 Å². The molecule has 0 fully saturated rings. The second-order valence-electron chi connectivity index (χ2n) is 8.44. The van der Waals surface area contributed by atoms with Crippen molar-refractivity contribution in [2.45, 2.75) is 123 Å². The second-order valence-corrected chi connectivity index (χ2v) is 8.44. The molecular weight excluding hydrogens is 350 g/mol. The van der Waals surface area contributed by atoms with Gasteiger partial charge in [-0.25, -0.2) is 4.79 Å². The Bertz CT molecular complexity index is 490. The quantitative estimate of drug-likeness (QED) is 0.184. The van der Waals surface area contributed by atoms with Gasteiger partial charge in [0, 0.05) is 19.3 Å². The van der Waals surface area contributed by atoms with E-state index >= 15 is 0 Å². The van der Waals surface area contributed by atoms with Gasteiger partial charge in [-0.2, -0.15) is 0 Å². The minimum atomic E-state index is -1.72. The second kappa shape index (κ2) is 16.6. The molecule has 0 amide bonds. The highest BCUT2D eigenvalue weighted by Gasteiger charge is 2.41. The van der Waals surface area contributed by atoms with Gasteiger partial charge in [-0.05, 0) is 31.6 Å². The Balaban J connectivity index is 3.70. The maximum Gasteiger partial charge on any atom is 0.331 e. The molecule has 1 atom stereocenters. The lowest BCUT2D eigenvalue weighted by Gasteiger charge is -2.25. The van der Waals surface area contributed by atoms with Gasteiger partial charge in [0.2, 0.25) is 0 Å². The fourth-order valence-electron chi connectivity index (χ4n) is 3.39. The monoisotopic (exact) mass is 393 g/mol. The normalized spacial score (nSPS) is 13.0. The Morgan fingerprint density at radius 1 is 0.857 bits per heavy atom. The molecule has 0 aliphatic rings. The third-order valence-corrected chi connectivity index (χ3v) is 5.10. The molecule has 0 bridgehead atoms. The SMILES string of the molecule is CCCCCCCCC#CCCCCCCCC(=O)C(N)(CC(C)C)C(=O)O. The number of nitrogens with two attached hydrogens (primary N) is 1. The van der Waals surface area contributed by atoms with Crippen LogP contribution in [-0.4, -0.2) is 22.4 Å². The van der Waals surface area contributed by atoms with Crippen molar-refractivity contribution in [1.82, 2.24) is 0 Å².